The second kappa shape index (κ2) is 7.89. The molecule has 0 saturated carbocycles. The molecule has 0 radical (unpaired) electrons. The third kappa shape index (κ3) is 4.05. The van der Waals surface area contributed by atoms with Crippen molar-refractivity contribution in [1.82, 2.24) is 0 Å². The van der Waals surface area contributed by atoms with Gasteiger partial charge in [0.25, 0.3) is 0 Å². The molecule has 1 rings (SSSR count). The van der Waals surface area contributed by atoms with Crippen LogP contribution in [0.5, 0.6) is 0 Å². The first kappa shape index (κ1) is 17.6. The first-order valence-corrected chi connectivity index (χ1v) is 5.93. The summed E-state index contributed by atoms with van der Waals surface area (Å²) in [5.41, 5.74) is 5.32. The number of benzene rings is 1. The minimum atomic E-state index is -1.10. The molecule has 6 heteroatoms. The van der Waals surface area contributed by atoms with Gasteiger partial charge in [0, 0.05) is 5.56 Å². The van der Waals surface area contributed by atoms with Crippen LogP contribution >= 0.6 is 24.0 Å². The van der Waals surface area contributed by atoms with Gasteiger partial charge in [0.15, 0.2) is 0 Å². The van der Waals surface area contributed by atoms with Gasteiger partial charge < -0.3 is 10.8 Å². The van der Waals surface area contributed by atoms with Gasteiger partial charge in [-0.1, -0.05) is 31.4 Å². The van der Waals surface area contributed by atoms with Crippen LogP contribution < -0.4 is 5.73 Å². The number of hydrogen-bond donors (Lipinski definition) is 2. The molecule has 0 bridgehead atoms. The van der Waals surface area contributed by atoms with Gasteiger partial charge in [0.2, 0.25) is 0 Å². The summed E-state index contributed by atoms with van der Waals surface area (Å²) in [6, 6.07) is 1.08. The Balaban J connectivity index is 0.00000289. The largest absolute Gasteiger partial charge is 0.391 e. The van der Waals surface area contributed by atoms with Crippen molar-refractivity contribution in [1.29, 1.82) is 0 Å². The molecule has 2 nitrogen and oxygen atoms in total. The molecule has 0 aromatic heterocycles. The molecule has 0 spiro atoms. The Morgan fingerprint density at radius 3 is 2.56 bits per heavy atom. The van der Waals surface area contributed by atoms with Crippen molar-refractivity contribution in [3.05, 3.63) is 34.4 Å². The smallest absolute Gasteiger partial charge is 0.149 e. The van der Waals surface area contributed by atoms with E-state index in [1.807, 2.05) is 6.92 Å². The van der Waals surface area contributed by atoms with Crippen molar-refractivity contribution in [3.8, 4) is 0 Å². The zero-order valence-corrected chi connectivity index (χ0v) is 11.6. The van der Waals surface area contributed by atoms with Crippen LogP contribution in [0.25, 0.3) is 0 Å². The maximum Gasteiger partial charge on any atom is 0.149 e. The van der Waals surface area contributed by atoms with Crippen LogP contribution in [0.4, 0.5) is 8.78 Å². The minimum Gasteiger partial charge on any atom is -0.391 e. The average molecular weight is 300 g/mol. The van der Waals surface area contributed by atoms with Gasteiger partial charge in [-0.05, 0) is 18.6 Å². The van der Waals surface area contributed by atoms with E-state index in [1.54, 1.807) is 0 Å². The molecule has 0 saturated heterocycles. The number of hydrogen-bond acceptors (Lipinski definition) is 2. The minimum absolute atomic E-state index is 0. The molecule has 0 heterocycles. The van der Waals surface area contributed by atoms with E-state index in [0.717, 1.165) is 25.0 Å². The van der Waals surface area contributed by atoms with Gasteiger partial charge in [-0.3, -0.25) is 0 Å². The SMILES string of the molecule is CCCC[C@@H](O)[C@@H](N)c1c(F)ccc(Cl)c1F.Cl. The fourth-order valence-corrected chi connectivity index (χ4v) is 1.80. The molecule has 2 atom stereocenters. The number of unbranched alkanes of at least 4 members (excludes halogenated alkanes) is 1. The van der Waals surface area contributed by atoms with Crippen LogP contribution in [-0.4, -0.2) is 11.2 Å². The first-order chi connectivity index (χ1) is 7.99. The molecule has 0 fully saturated rings. The highest BCUT2D eigenvalue weighted by molar-refractivity contribution is 6.30. The highest BCUT2D eigenvalue weighted by Gasteiger charge is 2.24. The maximum atomic E-state index is 13.6. The molecule has 1 aromatic rings. The summed E-state index contributed by atoms with van der Waals surface area (Å²) >= 11 is 5.56. The van der Waals surface area contributed by atoms with E-state index in [4.69, 9.17) is 17.3 Å². The predicted molar refractivity (Wildman–Crippen MR) is 71.1 cm³/mol. The van der Waals surface area contributed by atoms with Gasteiger partial charge in [-0.25, -0.2) is 8.78 Å². The van der Waals surface area contributed by atoms with Crippen LogP contribution in [0.3, 0.4) is 0 Å². The zero-order chi connectivity index (χ0) is 13.0. The summed E-state index contributed by atoms with van der Waals surface area (Å²) < 4.78 is 27.1. The van der Waals surface area contributed by atoms with Crippen LogP contribution in [0.1, 0.15) is 37.8 Å². The molecule has 18 heavy (non-hydrogen) atoms. The molecule has 0 amide bonds. The second-order valence-corrected chi connectivity index (χ2v) is 4.40. The van der Waals surface area contributed by atoms with E-state index in [1.165, 1.54) is 0 Å². The second-order valence-electron chi connectivity index (χ2n) is 3.99. The Morgan fingerprint density at radius 2 is 2.00 bits per heavy atom. The van der Waals surface area contributed by atoms with Crippen LogP contribution in [0, 0.1) is 11.6 Å². The zero-order valence-electron chi connectivity index (χ0n) is 10.00. The van der Waals surface area contributed by atoms with Crippen molar-refractivity contribution in [2.45, 2.75) is 38.3 Å². The lowest BCUT2D eigenvalue weighted by atomic mass is 9.97. The van der Waals surface area contributed by atoms with E-state index in [0.29, 0.717) is 6.42 Å². The topological polar surface area (TPSA) is 46.2 Å². The molecule has 0 aliphatic carbocycles. The Morgan fingerprint density at radius 1 is 1.39 bits per heavy atom. The molecule has 0 aliphatic rings. The Labute approximate surface area is 117 Å². The Hall–Kier alpha value is -0.420. The molecular formula is C12H17Cl2F2NO. The summed E-state index contributed by atoms with van der Waals surface area (Å²) in [5, 5.41) is 9.55. The highest BCUT2D eigenvalue weighted by Crippen LogP contribution is 2.28. The van der Waals surface area contributed by atoms with Crippen LogP contribution in [0.2, 0.25) is 5.02 Å². The van der Waals surface area contributed by atoms with Crippen molar-refractivity contribution in [2.75, 3.05) is 0 Å². The van der Waals surface area contributed by atoms with Gasteiger partial charge in [0.05, 0.1) is 17.2 Å². The fourth-order valence-electron chi connectivity index (χ4n) is 1.63. The fraction of sp³-hybridized carbons (Fsp3) is 0.500. The van der Waals surface area contributed by atoms with E-state index in [2.05, 4.69) is 0 Å². The number of rotatable bonds is 5. The quantitative estimate of drug-likeness (QED) is 0.816. The molecule has 0 unspecified atom stereocenters. The molecule has 1 aromatic carbocycles. The molecule has 3 N–H and O–H groups in total. The maximum absolute atomic E-state index is 13.6. The number of aliphatic hydroxyl groups excluding tert-OH is 1. The number of nitrogens with two attached hydrogens (primary N) is 1. The third-order valence-electron chi connectivity index (χ3n) is 2.68. The lowest BCUT2D eigenvalue weighted by molar-refractivity contribution is 0.129. The van der Waals surface area contributed by atoms with Gasteiger partial charge in [-0.15, -0.1) is 12.4 Å². The number of halogens is 4. The predicted octanol–water partition coefficient (Wildman–Crippen LogP) is 3.59. The van der Waals surface area contributed by atoms with Crippen molar-refractivity contribution in [2.24, 2.45) is 5.73 Å². The van der Waals surface area contributed by atoms with E-state index in [-0.39, 0.29) is 23.0 Å². The normalized spacial score (nSPS) is 13.9. The summed E-state index contributed by atoms with van der Waals surface area (Å²) in [6.45, 7) is 1.96. The van der Waals surface area contributed by atoms with Crippen molar-refractivity contribution >= 4 is 24.0 Å². The van der Waals surface area contributed by atoms with E-state index >= 15 is 0 Å². The van der Waals surface area contributed by atoms with Gasteiger partial charge in [-0.2, -0.15) is 0 Å². The first-order valence-electron chi connectivity index (χ1n) is 5.56. The Bertz CT molecular complexity index is 391. The summed E-state index contributed by atoms with van der Waals surface area (Å²) in [6.07, 6.45) is 1.06. The third-order valence-corrected chi connectivity index (χ3v) is 2.97. The van der Waals surface area contributed by atoms with Crippen molar-refractivity contribution < 1.29 is 13.9 Å². The molecule has 104 valence electrons. The van der Waals surface area contributed by atoms with Crippen molar-refractivity contribution in [3.63, 3.8) is 0 Å². The highest BCUT2D eigenvalue weighted by atomic mass is 35.5. The van der Waals surface area contributed by atoms with Crippen LogP contribution in [0.15, 0.2) is 12.1 Å². The van der Waals surface area contributed by atoms with E-state index < -0.39 is 23.8 Å². The molecule has 0 aliphatic heterocycles. The van der Waals surface area contributed by atoms with E-state index in [9.17, 15) is 13.9 Å². The van der Waals surface area contributed by atoms with Gasteiger partial charge >= 0.3 is 0 Å². The monoisotopic (exact) mass is 299 g/mol. The lowest BCUT2D eigenvalue weighted by Gasteiger charge is -2.20. The summed E-state index contributed by atoms with van der Waals surface area (Å²) in [5.74, 6) is -1.68. The average Bonchev–Trinajstić information content (AvgIpc) is 2.31. The van der Waals surface area contributed by atoms with Gasteiger partial charge in [0.1, 0.15) is 11.6 Å². The summed E-state index contributed by atoms with van der Waals surface area (Å²) in [7, 11) is 0. The Kier molecular flexibility index (Phi) is 7.71. The lowest BCUT2D eigenvalue weighted by Crippen LogP contribution is -2.28. The molecular weight excluding hydrogens is 283 g/mol. The number of aliphatic hydroxyl groups is 1. The van der Waals surface area contributed by atoms with Crippen LogP contribution in [-0.2, 0) is 0 Å². The summed E-state index contributed by atoms with van der Waals surface area (Å²) in [4.78, 5) is 0. The standard InChI is InChI=1S/C12H16ClF2NO.ClH/c1-2-3-4-9(17)12(16)10-8(14)6-5-7(13)11(10)15;/h5-6,9,12,17H,2-4,16H2,1H3;1H/t9-,12-;/m1./s1.